The van der Waals surface area contributed by atoms with Crippen LogP contribution in [0, 0.1) is 11.6 Å². The summed E-state index contributed by atoms with van der Waals surface area (Å²) in [4.78, 5) is 16.3. The van der Waals surface area contributed by atoms with Gasteiger partial charge in [0.15, 0.2) is 11.6 Å². The Morgan fingerprint density at radius 3 is 2.81 bits per heavy atom. The number of benzene rings is 2. The largest absolute Gasteiger partial charge is 0.488 e. The van der Waals surface area contributed by atoms with Gasteiger partial charge in [0.05, 0.1) is 5.56 Å². The van der Waals surface area contributed by atoms with Crippen LogP contribution >= 0.6 is 11.3 Å². The number of para-hydroxylation sites is 1. The standard InChI is InChI=1S/C20H16F2N2O2S/c1-2-9-23-19(25)17-12-27-20(24-17)14-5-3-4-6-18(14)26-11-13-7-8-15(21)16(22)10-13/h2-8,10,12H,1,9,11H2,(H,23,25). The van der Waals surface area contributed by atoms with Gasteiger partial charge in [-0.2, -0.15) is 0 Å². The van der Waals surface area contributed by atoms with Crippen molar-refractivity contribution in [3.63, 3.8) is 0 Å². The molecule has 1 amide bonds. The maximum absolute atomic E-state index is 13.3. The van der Waals surface area contributed by atoms with E-state index in [0.717, 1.165) is 12.1 Å². The second kappa shape index (κ2) is 8.55. The first-order valence-corrected chi connectivity index (χ1v) is 8.97. The Morgan fingerprint density at radius 1 is 1.22 bits per heavy atom. The highest BCUT2D eigenvalue weighted by molar-refractivity contribution is 7.13. The third-order valence-electron chi connectivity index (χ3n) is 3.64. The summed E-state index contributed by atoms with van der Waals surface area (Å²) in [7, 11) is 0. The van der Waals surface area contributed by atoms with Crippen molar-refractivity contribution in [3.8, 4) is 16.3 Å². The molecule has 0 atom stereocenters. The average molecular weight is 386 g/mol. The van der Waals surface area contributed by atoms with Crippen LogP contribution in [0.5, 0.6) is 5.75 Å². The van der Waals surface area contributed by atoms with Crippen LogP contribution in [0.2, 0.25) is 0 Å². The Hall–Kier alpha value is -3.06. The van der Waals surface area contributed by atoms with E-state index in [0.29, 0.717) is 34.1 Å². The van der Waals surface area contributed by atoms with Crippen molar-refractivity contribution in [2.24, 2.45) is 0 Å². The molecule has 7 heteroatoms. The molecule has 0 aliphatic heterocycles. The molecule has 1 N–H and O–H groups in total. The number of aromatic nitrogens is 1. The molecular weight excluding hydrogens is 370 g/mol. The molecule has 1 aromatic heterocycles. The molecule has 0 saturated heterocycles. The second-order valence-corrected chi connectivity index (χ2v) is 6.43. The van der Waals surface area contributed by atoms with Gasteiger partial charge in [-0.05, 0) is 29.8 Å². The summed E-state index contributed by atoms with van der Waals surface area (Å²) in [6, 6.07) is 10.8. The first-order valence-electron chi connectivity index (χ1n) is 8.09. The highest BCUT2D eigenvalue weighted by atomic mass is 32.1. The Morgan fingerprint density at radius 2 is 2.04 bits per heavy atom. The fraction of sp³-hybridized carbons (Fsp3) is 0.100. The molecule has 3 rings (SSSR count). The Balaban J connectivity index is 1.78. The monoisotopic (exact) mass is 386 g/mol. The fourth-order valence-corrected chi connectivity index (χ4v) is 3.15. The van der Waals surface area contributed by atoms with Crippen molar-refractivity contribution >= 4 is 17.2 Å². The van der Waals surface area contributed by atoms with Crippen LogP contribution in [0.1, 0.15) is 16.1 Å². The van der Waals surface area contributed by atoms with E-state index in [1.165, 1.54) is 17.4 Å². The van der Waals surface area contributed by atoms with Crippen molar-refractivity contribution in [1.82, 2.24) is 10.3 Å². The number of hydrogen-bond acceptors (Lipinski definition) is 4. The average Bonchev–Trinajstić information content (AvgIpc) is 3.17. The molecule has 3 aromatic rings. The first-order chi connectivity index (χ1) is 13.1. The molecule has 0 radical (unpaired) electrons. The summed E-state index contributed by atoms with van der Waals surface area (Å²) in [6.45, 7) is 3.99. The van der Waals surface area contributed by atoms with Gasteiger partial charge in [0, 0.05) is 11.9 Å². The van der Waals surface area contributed by atoms with Crippen LogP contribution in [-0.4, -0.2) is 17.4 Å². The molecule has 27 heavy (non-hydrogen) atoms. The third-order valence-corrected chi connectivity index (χ3v) is 4.52. The number of hydrogen-bond donors (Lipinski definition) is 1. The smallest absolute Gasteiger partial charge is 0.271 e. The number of nitrogens with one attached hydrogen (secondary N) is 1. The summed E-state index contributed by atoms with van der Waals surface area (Å²) in [5, 5.41) is 4.97. The van der Waals surface area contributed by atoms with E-state index in [1.54, 1.807) is 23.6 Å². The number of amides is 1. The van der Waals surface area contributed by atoms with Gasteiger partial charge >= 0.3 is 0 Å². The first kappa shape index (κ1) is 18.7. The Labute approximate surface area is 159 Å². The van der Waals surface area contributed by atoms with Crippen molar-refractivity contribution in [2.45, 2.75) is 6.61 Å². The van der Waals surface area contributed by atoms with Gasteiger partial charge in [-0.25, -0.2) is 13.8 Å². The summed E-state index contributed by atoms with van der Waals surface area (Å²) >= 11 is 1.32. The molecular formula is C20H16F2N2O2S. The maximum Gasteiger partial charge on any atom is 0.271 e. The zero-order valence-electron chi connectivity index (χ0n) is 14.2. The molecule has 0 unspecified atom stereocenters. The summed E-state index contributed by atoms with van der Waals surface area (Å²) in [6.07, 6.45) is 1.59. The predicted molar refractivity (Wildman–Crippen MR) is 101 cm³/mol. The second-order valence-electron chi connectivity index (χ2n) is 5.57. The van der Waals surface area contributed by atoms with Crippen molar-refractivity contribution in [2.75, 3.05) is 6.54 Å². The zero-order chi connectivity index (χ0) is 19.2. The lowest BCUT2D eigenvalue weighted by molar-refractivity contribution is 0.0954. The van der Waals surface area contributed by atoms with Gasteiger partial charge in [0.1, 0.15) is 23.1 Å². The Bertz CT molecular complexity index is 972. The molecule has 0 spiro atoms. The minimum atomic E-state index is -0.917. The number of rotatable bonds is 7. The number of nitrogens with zero attached hydrogens (tertiary/aromatic N) is 1. The Kier molecular flexibility index (Phi) is 5.93. The van der Waals surface area contributed by atoms with E-state index in [-0.39, 0.29) is 12.5 Å². The molecule has 0 aliphatic carbocycles. The van der Waals surface area contributed by atoms with Crippen LogP contribution in [-0.2, 0) is 6.61 Å². The maximum atomic E-state index is 13.3. The molecule has 4 nitrogen and oxygen atoms in total. The van der Waals surface area contributed by atoms with Gasteiger partial charge in [0.2, 0.25) is 0 Å². The highest BCUT2D eigenvalue weighted by Gasteiger charge is 2.14. The van der Waals surface area contributed by atoms with Crippen LogP contribution in [0.15, 0.2) is 60.5 Å². The van der Waals surface area contributed by atoms with E-state index >= 15 is 0 Å². The lowest BCUT2D eigenvalue weighted by atomic mass is 10.2. The molecule has 0 saturated carbocycles. The number of carbonyl (C=O) groups is 1. The lowest BCUT2D eigenvalue weighted by Gasteiger charge is -2.10. The van der Waals surface area contributed by atoms with Gasteiger partial charge in [-0.1, -0.05) is 24.3 Å². The number of carbonyl (C=O) groups excluding carboxylic acids is 1. The normalized spacial score (nSPS) is 10.4. The highest BCUT2D eigenvalue weighted by Crippen LogP contribution is 2.32. The quantitative estimate of drug-likeness (QED) is 0.605. The molecule has 138 valence electrons. The summed E-state index contributed by atoms with van der Waals surface area (Å²) in [5.41, 5.74) is 1.53. The van der Waals surface area contributed by atoms with Crippen molar-refractivity contribution < 1.29 is 18.3 Å². The van der Waals surface area contributed by atoms with Crippen LogP contribution < -0.4 is 10.1 Å². The molecule has 0 aliphatic rings. The van der Waals surface area contributed by atoms with Crippen LogP contribution in [0.3, 0.4) is 0 Å². The number of halogens is 2. The van der Waals surface area contributed by atoms with Crippen LogP contribution in [0.4, 0.5) is 8.78 Å². The molecule has 0 bridgehead atoms. The minimum absolute atomic E-state index is 0.0757. The SMILES string of the molecule is C=CCNC(=O)c1csc(-c2ccccc2OCc2ccc(F)c(F)c2)n1. The summed E-state index contributed by atoms with van der Waals surface area (Å²) in [5.74, 6) is -1.56. The zero-order valence-corrected chi connectivity index (χ0v) is 15.1. The fourth-order valence-electron chi connectivity index (χ4n) is 2.32. The molecule has 0 fully saturated rings. The van der Waals surface area contributed by atoms with Gasteiger partial charge in [-0.3, -0.25) is 4.79 Å². The lowest BCUT2D eigenvalue weighted by Crippen LogP contribution is -2.23. The summed E-state index contributed by atoms with van der Waals surface area (Å²) < 4.78 is 32.1. The third kappa shape index (κ3) is 4.57. The molecule has 1 heterocycles. The molecule has 2 aromatic carbocycles. The van der Waals surface area contributed by atoms with E-state index < -0.39 is 11.6 Å². The number of ether oxygens (including phenoxy) is 1. The minimum Gasteiger partial charge on any atom is -0.488 e. The van der Waals surface area contributed by atoms with E-state index in [2.05, 4.69) is 16.9 Å². The topological polar surface area (TPSA) is 51.2 Å². The van der Waals surface area contributed by atoms with Crippen molar-refractivity contribution in [3.05, 3.63) is 83.4 Å². The van der Waals surface area contributed by atoms with Gasteiger partial charge < -0.3 is 10.1 Å². The number of thiazole rings is 1. The van der Waals surface area contributed by atoms with Gasteiger partial charge in [0.25, 0.3) is 5.91 Å². The van der Waals surface area contributed by atoms with E-state index in [9.17, 15) is 13.6 Å². The predicted octanol–water partition coefficient (Wildman–Crippen LogP) is 4.58. The van der Waals surface area contributed by atoms with Gasteiger partial charge in [-0.15, -0.1) is 17.9 Å². The van der Waals surface area contributed by atoms with Crippen LogP contribution in [0.25, 0.3) is 10.6 Å². The van der Waals surface area contributed by atoms with E-state index in [4.69, 9.17) is 4.74 Å². The van der Waals surface area contributed by atoms with E-state index in [1.807, 2.05) is 12.1 Å². The van der Waals surface area contributed by atoms with Crippen molar-refractivity contribution in [1.29, 1.82) is 0 Å².